The number of nitrogens with one attached hydrogen (secondary N) is 1. The molecule has 0 aliphatic carbocycles. The Morgan fingerprint density at radius 3 is 2.78 bits per heavy atom. The first-order valence-electron chi connectivity index (χ1n) is 8.32. The summed E-state index contributed by atoms with van der Waals surface area (Å²) >= 11 is 7.52. The fraction of sp³-hybridized carbons (Fsp3) is 0.105. The molecule has 4 aromatic rings. The lowest BCUT2D eigenvalue weighted by molar-refractivity contribution is 0.0937. The number of pyridine rings is 1. The Morgan fingerprint density at radius 2 is 2.00 bits per heavy atom. The van der Waals surface area contributed by atoms with E-state index >= 15 is 0 Å². The molecule has 1 aromatic carbocycles. The highest BCUT2D eigenvalue weighted by Crippen LogP contribution is 2.34. The van der Waals surface area contributed by atoms with Gasteiger partial charge in [0.1, 0.15) is 10.0 Å². The number of rotatable bonds is 5. The number of benzene rings is 1. The van der Waals surface area contributed by atoms with Crippen molar-refractivity contribution in [3.05, 3.63) is 75.8 Å². The van der Waals surface area contributed by atoms with Crippen molar-refractivity contribution in [2.45, 2.75) is 6.04 Å². The maximum absolute atomic E-state index is 12.7. The van der Waals surface area contributed by atoms with E-state index in [-0.39, 0.29) is 18.5 Å². The standard InChI is InChI=1S/C19H16ClN5OS/c20-17-16(13-11-22-25-9-5-4-8-15(13)25)24-19(27-17)18(26)23-14(10-21)12-6-2-1-3-7-12/h1-9,11,14H,10,21H2,(H,23,26). The number of hydrogen-bond donors (Lipinski definition) is 2. The van der Waals surface area contributed by atoms with Gasteiger partial charge in [0.25, 0.3) is 5.91 Å². The number of hydrogen-bond acceptors (Lipinski definition) is 5. The van der Waals surface area contributed by atoms with Gasteiger partial charge in [-0.05, 0) is 17.7 Å². The molecule has 0 radical (unpaired) electrons. The summed E-state index contributed by atoms with van der Waals surface area (Å²) in [4.78, 5) is 17.2. The predicted molar refractivity (Wildman–Crippen MR) is 107 cm³/mol. The van der Waals surface area contributed by atoms with Crippen molar-refractivity contribution in [1.82, 2.24) is 19.9 Å². The van der Waals surface area contributed by atoms with E-state index in [0.717, 1.165) is 28.0 Å². The lowest BCUT2D eigenvalue weighted by Gasteiger charge is -2.16. The van der Waals surface area contributed by atoms with E-state index in [1.54, 1.807) is 10.7 Å². The molecule has 3 heterocycles. The molecule has 27 heavy (non-hydrogen) atoms. The van der Waals surface area contributed by atoms with Crippen LogP contribution in [0.2, 0.25) is 4.34 Å². The van der Waals surface area contributed by atoms with Gasteiger partial charge >= 0.3 is 0 Å². The van der Waals surface area contributed by atoms with Gasteiger partial charge in [-0.3, -0.25) is 4.79 Å². The van der Waals surface area contributed by atoms with Gasteiger partial charge in [0, 0.05) is 18.3 Å². The molecule has 0 saturated heterocycles. The van der Waals surface area contributed by atoms with Crippen LogP contribution in [0.15, 0.2) is 60.9 Å². The van der Waals surface area contributed by atoms with Crippen LogP contribution in [0.25, 0.3) is 16.8 Å². The summed E-state index contributed by atoms with van der Waals surface area (Å²) in [5.41, 5.74) is 9.00. The topological polar surface area (TPSA) is 85.3 Å². The summed E-state index contributed by atoms with van der Waals surface area (Å²) in [7, 11) is 0. The van der Waals surface area contributed by atoms with Crippen molar-refractivity contribution in [3.63, 3.8) is 0 Å². The normalized spacial score (nSPS) is 12.2. The average molecular weight is 398 g/mol. The lowest BCUT2D eigenvalue weighted by atomic mass is 10.1. The zero-order valence-corrected chi connectivity index (χ0v) is 15.7. The zero-order chi connectivity index (χ0) is 18.8. The Morgan fingerprint density at radius 1 is 1.22 bits per heavy atom. The molecule has 3 N–H and O–H groups in total. The molecule has 0 saturated carbocycles. The molecule has 1 amide bonds. The zero-order valence-electron chi connectivity index (χ0n) is 14.2. The van der Waals surface area contributed by atoms with Crippen LogP contribution >= 0.6 is 22.9 Å². The van der Waals surface area contributed by atoms with Crippen molar-refractivity contribution in [2.75, 3.05) is 6.54 Å². The molecule has 0 aliphatic rings. The third-order valence-electron chi connectivity index (χ3n) is 4.20. The smallest absolute Gasteiger partial charge is 0.280 e. The van der Waals surface area contributed by atoms with Gasteiger partial charge in [-0.15, -0.1) is 0 Å². The molecule has 0 fully saturated rings. The molecule has 1 unspecified atom stereocenters. The van der Waals surface area contributed by atoms with E-state index in [4.69, 9.17) is 17.3 Å². The predicted octanol–water partition coefficient (Wildman–Crippen LogP) is 3.54. The monoisotopic (exact) mass is 397 g/mol. The van der Waals surface area contributed by atoms with Gasteiger partial charge in [-0.1, -0.05) is 59.3 Å². The minimum Gasteiger partial charge on any atom is -0.342 e. The van der Waals surface area contributed by atoms with Gasteiger partial charge in [0.15, 0.2) is 5.01 Å². The van der Waals surface area contributed by atoms with E-state index in [1.807, 2.05) is 54.7 Å². The lowest BCUT2D eigenvalue weighted by Crippen LogP contribution is -2.33. The number of aromatic nitrogens is 3. The van der Waals surface area contributed by atoms with Gasteiger partial charge in [0.2, 0.25) is 0 Å². The summed E-state index contributed by atoms with van der Waals surface area (Å²) in [6.45, 7) is 0.287. The Hall–Kier alpha value is -2.74. The van der Waals surface area contributed by atoms with Crippen molar-refractivity contribution >= 4 is 34.4 Å². The Balaban J connectivity index is 1.62. The minimum absolute atomic E-state index is 0.287. The molecule has 0 bridgehead atoms. The maximum atomic E-state index is 12.7. The fourth-order valence-corrected chi connectivity index (χ4v) is 3.94. The third-order valence-corrected chi connectivity index (χ3v) is 5.46. The van der Waals surface area contributed by atoms with Crippen molar-refractivity contribution in [1.29, 1.82) is 0 Å². The molecule has 6 nitrogen and oxygen atoms in total. The van der Waals surface area contributed by atoms with Crippen LogP contribution in [0.1, 0.15) is 21.4 Å². The van der Waals surface area contributed by atoms with E-state index in [0.29, 0.717) is 15.0 Å². The molecule has 1 atom stereocenters. The number of halogens is 1. The molecule has 136 valence electrons. The average Bonchev–Trinajstić information content (AvgIpc) is 3.30. The van der Waals surface area contributed by atoms with Crippen LogP contribution in [0.5, 0.6) is 0 Å². The summed E-state index contributed by atoms with van der Waals surface area (Å²) in [5.74, 6) is -0.302. The number of thiazole rings is 1. The fourth-order valence-electron chi connectivity index (χ4n) is 2.87. The van der Waals surface area contributed by atoms with E-state index in [9.17, 15) is 4.79 Å². The highest BCUT2D eigenvalue weighted by atomic mass is 35.5. The van der Waals surface area contributed by atoms with Crippen LogP contribution in [0.4, 0.5) is 0 Å². The second kappa shape index (κ2) is 7.48. The Labute approximate surface area is 164 Å². The van der Waals surface area contributed by atoms with Gasteiger partial charge in [0.05, 0.1) is 17.8 Å². The number of amides is 1. The van der Waals surface area contributed by atoms with Gasteiger partial charge in [-0.2, -0.15) is 5.10 Å². The van der Waals surface area contributed by atoms with Gasteiger partial charge in [-0.25, -0.2) is 9.50 Å². The summed E-state index contributed by atoms with van der Waals surface area (Å²) in [6, 6.07) is 15.0. The summed E-state index contributed by atoms with van der Waals surface area (Å²) in [5, 5.41) is 7.52. The molecule has 0 aliphatic heterocycles. The van der Waals surface area contributed by atoms with Crippen LogP contribution in [-0.2, 0) is 0 Å². The largest absolute Gasteiger partial charge is 0.342 e. The highest BCUT2D eigenvalue weighted by molar-refractivity contribution is 7.18. The van der Waals surface area contributed by atoms with Crippen molar-refractivity contribution in [3.8, 4) is 11.3 Å². The maximum Gasteiger partial charge on any atom is 0.280 e. The molecular formula is C19H16ClN5OS. The summed E-state index contributed by atoms with van der Waals surface area (Å²) < 4.78 is 2.19. The SMILES string of the molecule is NCC(NC(=O)c1nc(-c2cnn3ccccc23)c(Cl)s1)c1ccccc1. The van der Waals surface area contributed by atoms with Crippen LogP contribution in [0.3, 0.4) is 0 Å². The quantitative estimate of drug-likeness (QED) is 0.539. The number of carbonyl (C=O) groups excluding carboxylic acids is 1. The van der Waals surface area contributed by atoms with Crippen molar-refractivity contribution in [2.24, 2.45) is 5.73 Å². The second-order valence-corrected chi connectivity index (χ2v) is 7.50. The first-order valence-corrected chi connectivity index (χ1v) is 9.51. The molecular weight excluding hydrogens is 382 g/mol. The number of nitrogens with two attached hydrogens (primary N) is 1. The molecule has 4 rings (SSSR count). The van der Waals surface area contributed by atoms with Crippen molar-refractivity contribution < 1.29 is 4.79 Å². The number of nitrogens with zero attached hydrogens (tertiary/aromatic N) is 3. The van der Waals surface area contributed by atoms with Crippen LogP contribution in [-0.4, -0.2) is 27.0 Å². The van der Waals surface area contributed by atoms with E-state index < -0.39 is 0 Å². The third kappa shape index (κ3) is 3.44. The Kier molecular flexibility index (Phi) is 4.89. The first-order chi connectivity index (χ1) is 13.2. The van der Waals surface area contributed by atoms with E-state index in [2.05, 4.69) is 15.4 Å². The first kappa shape index (κ1) is 17.7. The van der Waals surface area contributed by atoms with Crippen LogP contribution in [0, 0.1) is 0 Å². The summed E-state index contributed by atoms with van der Waals surface area (Å²) in [6.07, 6.45) is 3.54. The second-order valence-electron chi connectivity index (χ2n) is 5.90. The minimum atomic E-state index is -0.302. The van der Waals surface area contributed by atoms with Gasteiger partial charge < -0.3 is 11.1 Å². The molecule has 0 spiro atoms. The Bertz CT molecular complexity index is 1090. The number of fused-ring (bicyclic) bond motifs is 1. The van der Waals surface area contributed by atoms with Crippen LogP contribution < -0.4 is 11.1 Å². The van der Waals surface area contributed by atoms with E-state index in [1.165, 1.54) is 0 Å². The molecule has 8 heteroatoms. The molecule has 3 aromatic heterocycles. The highest BCUT2D eigenvalue weighted by Gasteiger charge is 2.21. The number of carbonyl (C=O) groups is 1.